The van der Waals surface area contributed by atoms with E-state index < -0.39 is 0 Å². The highest BCUT2D eigenvalue weighted by molar-refractivity contribution is 5.44. The molecule has 0 saturated heterocycles. The number of hydrogen-bond acceptors (Lipinski definition) is 4. The molecular formula is C9H14N2O2. The second-order valence-electron chi connectivity index (χ2n) is 2.51. The lowest BCUT2D eigenvalue weighted by Gasteiger charge is -2.06. The summed E-state index contributed by atoms with van der Waals surface area (Å²) < 4.78 is 5.19. The van der Waals surface area contributed by atoms with Crippen molar-refractivity contribution < 1.29 is 9.84 Å². The molecular weight excluding hydrogens is 168 g/mol. The lowest BCUT2D eigenvalue weighted by Crippen LogP contribution is -2.03. The molecule has 0 spiro atoms. The fourth-order valence-corrected chi connectivity index (χ4v) is 0.962. The minimum atomic E-state index is 0.0193. The van der Waals surface area contributed by atoms with E-state index in [0.29, 0.717) is 12.4 Å². The van der Waals surface area contributed by atoms with Gasteiger partial charge in [0.2, 0.25) is 0 Å². The first-order valence-electron chi connectivity index (χ1n) is 4.29. The van der Waals surface area contributed by atoms with Crippen LogP contribution in [0.5, 0.6) is 5.75 Å². The molecule has 0 atom stereocenters. The molecule has 0 bridgehead atoms. The summed E-state index contributed by atoms with van der Waals surface area (Å²) in [5.74, 6) is 0.674. The van der Waals surface area contributed by atoms with Crippen molar-refractivity contribution in [3.8, 4) is 5.75 Å². The number of nitrogens with zero attached hydrogens (tertiary/aromatic N) is 1. The molecule has 0 aliphatic carbocycles. The molecule has 72 valence electrons. The summed E-state index contributed by atoms with van der Waals surface area (Å²) in [6.07, 6.45) is 3.35. The Labute approximate surface area is 77.6 Å². The van der Waals surface area contributed by atoms with Crippen molar-refractivity contribution in [2.45, 2.75) is 6.92 Å². The number of nitrogens with one attached hydrogen (secondary N) is 1. The van der Waals surface area contributed by atoms with Crippen molar-refractivity contribution in [2.24, 2.45) is 0 Å². The third-order valence-corrected chi connectivity index (χ3v) is 1.45. The van der Waals surface area contributed by atoms with Gasteiger partial charge in [-0.3, -0.25) is 4.98 Å². The number of anilines is 1. The van der Waals surface area contributed by atoms with Gasteiger partial charge in [-0.05, 0) is 6.92 Å². The van der Waals surface area contributed by atoms with Crippen molar-refractivity contribution in [1.29, 1.82) is 0 Å². The van der Waals surface area contributed by atoms with Crippen LogP contribution >= 0.6 is 0 Å². The molecule has 13 heavy (non-hydrogen) atoms. The number of hydrogen-bond donors (Lipinski definition) is 2. The lowest BCUT2D eigenvalue weighted by molar-refractivity contribution is 0.201. The third-order valence-electron chi connectivity index (χ3n) is 1.45. The summed E-state index contributed by atoms with van der Waals surface area (Å²) in [5.41, 5.74) is 0.929. The maximum absolute atomic E-state index is 8.54. The van der Waals surface area contributed by atoms with Crippen molar-refractivity contribution in [1.82, 2.24) is 4.98 Å². The zero-order chi connectivity index (χ0) is 9.52. The fourth-order valence-electron chi connectivity index (χ4n) is 0.962. The lowest BCUT2D eigenvalue weighted by atomic mass is 10.4. The van der Waals surface area contributed by atoms with Crippen LogP contribution in [0, 0.1) is 0 Å². The first kappa shape index (κ1) is 9.80. The smallest absolute Gasteiger partial charge is 0.139 e. The highest BCUT2D eigenvalue weighted by atomic mass is 16.5. The second-order valence-corrected chi connectivity index (χ2v) is 2.51. The predicted octanol–water partition coefficient (Wildman–Crippen LogP) is 0.884. The van der Waals surface area contributed by atoms with Gasteiger partial charge in [0.15, 0.2) is 0 Å². The van der Waals surface area contributed by atoms with E-state index >= 15 is 0 Å². The largest absolute Gasteiger partial charge is 0.490 e. The van der Waals surface area contributed by atoms with E-state index in [1.165, 1.54) is 0 Å². The van der Waals surface area contributed by atoms with Gasteiger partial charge in [-0.15, -0.1) is 0 Å². The number of aromatic nitrogens is 1. The monoisotopic (exact) mass is 182 g/mol. The summed E-state index contributed by atoms with van der Waals surface area (Å²) in [7, 11) is 0. The van der Waals surface area contributed by atoms with Crippen LogP contribution in [0.4, 0.5) is 5.69 Å². The zero-order valence-corrected chi connectivity index (χ0v) is 7.66. The number of ether oxygens (including phenoxy) is 1. The molecule has 4 heteroatoms. The topological polar surface area (TPSA) is 54.4 Å². The minimum absolute atomic E-state index is 0.0193. The molecule has 1 heterocycles. The van der Waals surface area contributed by atoms with E-state index in [-0.39, 0.29) is 6.61 Å². The molecule has 2 N–H and O–H groups in total. The van der Waals surface area contributed by atoms with Gasteiger partial charge in [-0.1, -0.05) is 0 Å². The van der Waals surface area contributed by atoms with Crippen LogP contribution in [0.25, 0.3) is 0 Å². The molecule has 0 radical (unpaired) electrons. The maximum Gasteiger partial charge on any atom is 0.139 e. The van der Waals surface area contributed by atoms with Gasteiger partial charge in [0.1, 0.15) is 12.4 Å². The molecule has 0 fully saturated rings. The first-order chi connectivity index (χ1) is 6.36. The van der Waals surface area contributed by atoms with Crippen LogP contribution in [0.1, 0.15) is 6.92 Å². The SMILES string of the molecule is CCNc1cncc(OCCO)c1. The molecule has 0 unspecified atom stereocenters. The van der Waals surface area contributed by atoms with Gasteiger partial charge in [-0.25, -0.2) is 0 Å². The number of rotatable bonds is 5. The van der Waals surface area contributed by atoms with Crippen LogP contribution in [-0.4, -0.2) is 29.8 Å². The Hall–Kier alpha value is -1.29. The average Bonchev–Trinajstić information content (AvgIpc) is 2.16. The standard InChI is InChI=1S/C9H14N2O2/c1-2-11-8-5-9(7-10-6-8)13-4-3-12/h5-7,11-12H,2-4H2,1H3. The Morgan fingerprint density at radius 1 is 1.54 bits per heavy atom. The Morgan fingerprint density at radius 3 is 3.08 bits per heavy atom. The van der Waals surface area contributed by atoms with E-state index in [2.05, 4.69) is 10.3 Å². The van der Waals surface area contributed by atoms with Gasteiger partial charge < -0.3 is 15.2 Å². The summed E-state index contributed by atoms with van der Waals surface area (Å²) in [5, 5.41) is 11.7. The molecule has 1 aromatic heterocycles. The van der Waals surface area contributed by atoms with Crippen molar-refractivity contribution in [3.63, 3.8) is 0 Å². The summed E-state index contributed by atoms with van der Waals surface area (Å²) >= 11 is 0. The normalized spacial score (nSPS) is 9.69. The molecule has 1 rings (SSSR count). The zero-order valence-electron chi connectivity index (χ0n) is 7.66. The van der Waals surface area contributed by atoms with Crippen molar-refractivity contribution >= 4 is 5.69 Å². The Morgan fingerprint density at radius 2 is 2.38 bits per heavy atom. The van der Waals surface area contributed by atoms with Gasteiger partial charge in [0, 0.05) is 12.6 Å². The fraction of sp³-hybridized carbons (Fsp3) is 0.444. The summed E-state index contributed by atoms with van der Waals surface area (Å²) in [6, 6.07) is 1.85. The summed E-state index contributed by atoms with van der Waals surface area (Å²) in [6.45, 7) is 3.19. The van der Waals surface area contributed by atoms with Gasteiger partial charge in [-0.2, -0.15) is 0 Å². The van der Waals surface area contributed by atoms with Crippen molar-refractivity contribution in [3.05, 3.63) is 18.5 Å². The molecule has 1 aromatic rings. The van der Waals surface area contributed by atoms with Crippen LogP contribution in [-0.2, 0) is 0 Å². The van der Waals surface area contributed by atoms with E-state index in [1.807, 2.05) is 13.0 Å². The average molecular weight is 182 g/mol. The predicted molar refractivity (Wildman–Crippen MR) is 51.0 cm³/mol. The highest BCUT2D eigenvalue weighted by Gasteiger charge is 1.95. The minimum Gasteiger partial charge on any atom is -0.490 e. The second kappa shape index (κ2) is 5.37. The number of aliphatic hydroxyl groups excluding tert-OH is 1. The Kier molecular flexibility index (Phi) is 4.05. The third kappa shape index (κ3) is 3.29. The van der Waals surface area contributed by atoms with Crippen LogP contribution in [0.15, 0.2) is 18.5 Å². The highest BCUT2D eigenvalue weighted by Crippen LogP contribution is 2.14. The summed E-state index contributed by atoms with van der Waals surface area (Å²) in [4.78, 5) is 3.99. The molecule has 0 aliphatic rings. The van der Waals surface area contributed by atoms with Gasteiger partial charge in [0.05, 0.1) is 24.7 Å². The molecule has 0 aliphatic heterocycles. The molecule has 0 saturated carbocycles. The van der Waals surface area contributed by atoms with E-state index in [9.17, 15) is 0 Å². The maximum atomic E-state index is 8.54. The van der Waals surface area contributed by atoms with Crippen LogP contribution in [0.3, 0.4) is 0 Å². The Balaban J connectivity index is 2.56. The van der Waals surface area contributed by atoms with Gasteiger partial charge >= 0.3 is 0 Å². The molecule has 0 amide bonds. The Bertz CT molecular complexity index is 253. The van der Waals surface area contributed by atoms with E-state index in [0.717, 1.165) is 12.2 Å². The van der Waals surface area contributed by atoms with E-state index in [4.69, 9.17) is 9.84 Å². The van der Waals surface area contributed by atoms with Gasteiger partial charge in [0.25, 0.3) is 0 Å². The first-order valence-corrected chi connectivity index (χ1v) is 4.29. The quantitative estimate of drug-likeness (QED) is 0.710. The van der Waals surface area contributed by atoms with Crippen LogP contribution in [0.2, 0.25) is 0 Å². The van der Waals surface area contributed by atoms with E-state index in [1.54, 1.807) is 12.4 Å². The van der Waals surface area contributed by atoms with Crippen LogP contribution < -0.4 is 10.1 Å². The molecule has 4 nitrogen and oxygen atoms in total. The number of pyridine rings is 1. The molecule has 0 aromatic carbocycles. The van der Waals surface area contributed by atoms with Crippen molar-refractivity contribution in [2.75, 3.05) is 25.1 Å². The number of aliphatic hydroxyl groups is 1.